The first-order valence-corrected chi connectivity index (χ1v) is 12.7. The minimum atomic E-state index is 0.0149. The molecule has 1 aliphatic carbocycles. The number of thioether (sulfide) groups is 1. The standard InChI is InChI=1S/C22H38ClN5OS/c1-5-28(6-2)14-10-11-17(3)24-21(29)16-30-22-25-19(23)15-20(26-22)27(4)18-12-8-7-9-13-18/h15,17-18H,5-14,16H2,1-4H3,(H,24,29). The summed E-state index contributed by atoms with van der Waals surface area (Å²) in [6, 6.07) is 2.49. The largest absolute Gasteiger partial charge is 0.357 e. The second-order valence-electron chi connectivity index (χ2n) is 8.16. The highest BCUT2D eigenvalue weighted by Crippen LogP contribution is 2.27. The van der Waals surface area contributed by atoms with Gasteiger partial charge in [0.05, 0.1) is 5.75 Å². The van der Waals surface area contributed by atoms with Crippen LogP contribution in [0.3, 0.4) is 0 Å². The molecule has 6 nitrogen and oxygen atoms in total. The molecule has 1 unspecified atom stereocenters. The van der Waals surface area contributed by atoms with Gasteiger partial charge in [-0.15, -0.1) is 0 Å². The van der Waals surface area contributed by atoms with Crippen LogP contribution in [0.1, 0.15) is 65.7 Å². The fraction of sp³-hybridized carbons (Fsp3) is 0.773. The van der Waals surface area contributed by atoms with E-state index in [4.69, 9.17) is 11.6 Å². The van der Waals surface area contributed by atoms with Gasteiger partial charge < -0.3 is 15.1 Å². The third kappa shape index (κ3) is 8.60. The molecule has 1 aromatic rings. The summed E-state index contributed by atoms with van der Waals surface area (Å²) < 4.78 is 0. The van der Waals surface area contributed by atoms with Crippen molar-refractivity contribution in [2.75, 3.05) is 37.3 Å². The van der Waals surface area contributed by atoms with Crippen molar-refractivity contribution in [3.05, 3.63) is 11.2 Å². The highest BCUT2D eigenvalue weighted by Gasteiger charge is 2.20. The molecule has 0 radical (unpaired) electrons. The van der Waals surface area contributed by atoms with Crippen molar-refractivity contribution < 1.29 is 4.79 Å². The van der Waals surface area contributed by atoms with E-state index in [0.717, 1.165) is 38.3 Å². The van der Waals surface area contributed by atoms with Crippen LogP contribution in [0, 0.1) is 0 Å². The molecule has 1 aromatic heterocycles. The second-order valence-corrected chi connectivity index (χ2v) is 9.49. The molecule has 30 heavy (non-hydrogen) atoms. The normalized spacial score (nSPS) is 15.9. The van der Waals surface area contributed by atoms with Crippen LogP contribution in [-0.4, -0.2) is 65.3 Å². The molecule has 1 N–H and O–H groups in total. The minimum Gasteiger partial charge on any atom is -0.357 e. The Morgan fingerprint density at radius 2 is 1.97 bits per heavy atom. The summed E-state index contributed by atoms with van der Waals surface area (Å²) in [5.74, 6) is 1.16. The van der Waals surface area contributed by atoms with Gasteiger partial charge in [0.15, 0.2) is 5.16 Å². The number of halogens is 1. The molecule has 1 heterocycles. The zero-order chi connectivity index (χ0) is 21.9. The van der Waals surface area contributed by atoms with Crippen LogP contribution in [-0.2, 0) is 4.79 Å². The lowest BCUT2D eigenvalue weighted by Crippen LogP contribution is -2.35. The number of nitrogens with one attached hydrogen (secondary N) is 1. The minimum absolute atomic E-state index is 0.0149. The molecule has 2 rings (SSSR count). The van der Waals surface area contributed by atoms with E-state index in [9.17, 15) is 4.79 Å². The Balaban J connectivity index is 1.80. The topological polar surface area (TPSA) is 61.4 Å². The number of anilines is 1. The zero-order valence-corrected chi connectivity index (χ0v) is 20.6. The lowest BCUT2D eigenvalue weighted by atomic mass is 9.94. The Bertz CT molecular complexity index is 652. The average molecular weight is 456 g/mol. The van der Waals surface area contributed by atoms with Crippen molar-refractivity contribution in [3.8, 4) is 0 Å². The van der Waals surface area contributed by atoms with Gasteiger partial charge in [0.1, 0.15) is 11.0 Å². The van der Waals surface area contributed by atoms with Crippen molar-refractivity contribution in [1.82, 2.24) is 20.2 Å². The van der Waals surface area contributed by atoms with Gasteiger partial charge in [-0.25, -0.2) is 9.97 Å². The number of amides is 1. The number of carbonyl (C=O) groups is 1. The fourth-order valence-corrected chi connectivity index (χ4v) is 4.86. The summed E-state index contributed by atoms with van der Waals surface area (Å²) in [4.78, 5) is 25.9. The van der Waals surface area contributed by atoms with Crippen LogP contribution in [0.2, 0.25) is 5.15 Å². The van der Waals surface area contributed by atoms with Crippen molar-refractivity contribution in [1.29, 1.82) is 0 Å². The lowest BCUT2D eigenvalue weighted by molar-refractivity contribution is -0.119. The molecular formula is C22H38ClN5OS. The second kappa shape index (κ2) is 13.4. The van der Waals surface area contributed by atoms with E-state index in [0.29, 0.717) is 22.1 Å². The SMILES string of the molecule is CCN(CC)CCCC(C)NC(=O)CSc1nc(Cl)cc(N(C)C2CCCCC2)n1. The van der Waals surface area contributed by atoms with Gasteiger partial charge in [0.25, 0.3) is 0 Å². The van der Waals surface area contributed by atoms with Crippen molar-refractivity contribution in [2.24, 2.45) is 0 Å². The molecule has 0 bridgehead atoms. The van der Waals surface area contributed by atoms with Gasteiger partial charge in [0.2, 0.25) is 5.91 Å². The first-order valence-electron chi connectivity index (χ1n) is 11.3. The number of hydrogen-bond donors (Lipinski definition) is 1. The number of aromatic nitrogens is 2. The van der Waals surface area contributed by atoms with E-state index in [-0.39, 0.29) is 11.9 Å². The lowest BCUT2D eigenvalue weighted by Gasteiger charge is -2.32. The van der Waals surface area contributed by atoms with Crippen molar-refractivity contribution >= 4 is 35.1 Å². The molecule has 1 saturated carbocycles. The van der Waals surface area contributed by atoms with E-state index in [1.165, 1.54) is 43.9 Å². The molecule has 1 amide bonds. The number of carbonyl (C=O) groups excluding carboxylic acids is 1. The number of nitrogens with zero attached hydrogens (tertiary/aromatic N) is 4. The molecule has 0 spiro atoms. The predicted octanol–water partition coefficient (Wildman–Crippen LogP) is 4.62. The molecule has 1 aliphatic rings. The van der Waals surface area contributed by atoms with Crippen LogP contribution >= 0.6 is 23.4 Å². The average Bonchev–Trinajstić information content (AvgIpc) is 2.75. The van der Waals surface area contributed by atoms with E-state index in [2.05, 4.69) is 52.9 Å². The molecular weight excluding hydrogens is 418 g/mol. The van der Waals surface area contributed by atoms with Crippen LogP contribution < -0.4 is 10.2 Å². The van der Waals surface area contributed by atoms with Gasteiger partial charge in [-0.3, -0.25) is 4.79 Å². The van der Waals surface area contributed by atoms with Crippen LogP contribution in [0.25, 0.3) is 0 Å². The third-order valence-electron chi connectivity index (χ3n) is 5.89. The summed E-state index contributed by atoms with van der Waals surface area (Å²) in [6.45, 7) is 9.66. The molecule has 0 aliphatic heterocycles. The van der Waals surface area contributed by atoms with Gasteiger partial charge in [0, 0.05) is 25.2 Å². The molecule has 8 heteroatoms. The molecule has 0 saturated heterocycles. The van der Waals surface area contributed by atoms with Crippen LogP contribution in [0.5, 0.6) is 0 Å². The maximum Gasteiger partial charge on any atom is 0.230 e. The Morgan fingerprint density at radius 3 is 2.63 bits per heavy atom. The van der Waals surface area contributed by atoms with E-state index in [1.54, 1.807) is 0 Å². The maximum atomic E-state index is 12.3. The van der Waals surface area contributed by atoms with Crippen LogP contribution in [0.4, 0.5) is 5.82 Å². The monoisotopic (exact) mass is 455 g/mol. The smallest absolute Gasteiger partial charge is 0.230 e. The van der Waals surface area contributed by atoms with Crippen molar-refractivity contribution in [2.45, 2.75) is 83.0 Å². The summed E-state index contributed by atoms with van der Waals surface area (Å²) in [7, 11) is 2.08. The third-order valence-corrected chi connectivity index (χ3v) is 6.93. The van der Waals surface area contributed by atoms with Gasteiger partial charge in [-0.2, -0.15) is 0 Å². The highest BCUT2D eigenvalue weighted by atomic mass is 35.5. The van der Waals surface area contributed by atoms with Gasteiger partial charge in [-0.05, 0) is 52.2 Å². The fourth-order valence-electron chi connectivity index (χ4n) is 3.97. The Kier molecular flexibility index (Phi) is 11.2. The Hall–Kier alpha value is -1.05. The first-order chi connectivity index (χ1) is 14.4. The molecule has 0 aromatic carbocycles. The van der Waals surface area contributed by atoms with Gasteiger partial charge >= 0.3 is 0 Å². The zero-order valence-electron chi connectivity index (χ0n) is 19.0. The molecule has 170 valence electrons. The summed E-state index contributed by atoms with van der Waals surface area (Å²) in [6.07, 6.45) is 8.30. The number of hydrogen-bond acceptors (Lipinski definition) is 6. The Morgan fingerprint density at radius 1 is 1.27 bits per heavy atom. The highest BCUT2D eigenvalue weighted by molar-refractivity contribution is 7.99. The summed E-state index contributed by atoms with van der Waals surface area (Å²) in [5.41, 5.74) is 0. The summed E-state index contributed by atoms with van der Waals surface area (Å²) >= 11 is 7.59. The predicted molar refractivity (Wildman–Crippen MR) is 128 cm³/mol. The van der Waals surface area contributed by atoms with E-state index in [1.807, 2.05) is 6.07 Å². The quantitative estimate of drug-likeness (QED) is 0.282. The Labute approximate surface area is 191 Å². The molecule has 1 fully saturated rings. The maximum absolute atomic E-state index is 12.3. The molecule has 1 atom stereocenters. The van der Waals surface area contributed by atoms with Gasteiger partial charge in [-0.1, -0.05) is 56.5 Å². The summed E-state index contributed by atoms with van der Waals surface area (Å²) in [5, 5.41) is 4.07. The van der Waals surface area contributed by atoms with Crippen LogP contribution in [0.15, 0.2) is 11.2 Å². The van der Waals surface area contributed by atoms with Crippen molar-refractivity contribution in [3.63, 3.8) is 0 Å². The van der Waals surface area contributed by atoms with E-state index >= 15 is 0 Å². The number of rotatable bonds is 12. The first kappa shape index (κ1) is 25.2. The van der Waals surface area contributed by atoms with E-state index < -0.39 is 0 Å².